The molecule has 0 saturated heterocycles. The molecule has 1 unspecified atom stereocenters. The topological polar surface area (TPSA) is 111 Å². The van der Waals surface area contributed by atoms with Crippen LogP contribution in [-0.2, 0) is 0 Å². The summed E-state index contributed by atoms with van der Waals surface area (Å²) in [5.41, 5.74) is 5.63. The zero-order valence-corrected chi connectivity index (χ0v) is 12.1. The van der Waals surface area contributed by atoms with Crippen LogP contribution in [0, 0.1) is 10.1 Å². The first-order chi connectivity index (χ1) is 9.99. The number of rotatable bonds is 5. The van der Waals surface area contributed by atoms with Gasteiger partial charge in [0.15, 0.2) is 0 Å². The molecule has 1 atom stereocenters. The molecule has 1 heterocycles. The fourth-order valence-corrected chi connectivity index (χ4v) is 2.47. The van der Waals surface area contributed by atoms with Crippen molar-refractivity contribution in [2.24, 2.45) is 0 Å². The number of nitro groups is 1. The third-order valence-corrected chi connectivity index (χ3v) is 3.94. The smallest absolute Gasteiger partial charge is 0.292 e. The molecule has 1 aromatic carbocycles. The van der Waals surface area contributed by atoms with Gasteiger partial charge in [-0.15, -0.1) is 11.3 Å². The van der Waals surface area contributed by atoms with Crippen molar-refractivity contribution in [2.45, 2.75) is 12.8 Å². The van der Waals surface area contributed by atoms with E-state index < -0.39 is 4.92 Å². The highest BCUT2D eigenvalue weighted by molar-refractivity contribution is 7.09. The summed E-state index contributed by atoms with van der Waals surface area (Å²) in [5, 5.41) is 16.3. The van der Waals surface area contributed by atoms with E-state index in [-0.39, 0.29) is 23.2 Å². The molecule has 7 nitrogen and oxygen atoms in total. The van der Waals surface area contributed by atoms with E-state index in [1.165, 1.54) is 29.5 Å². The molecule has 0 aliphatic heterocycles. The van der Waals surface area contributed by atoms with E-state index in [4.69, 9.17) is 5.73 Å². The van der Waals surface area contributed by atoms with Crippen LogP contribution in [0.3, 0.4) is 0 Å². The second-order valence-corrected chi connectivity index (χ2v) is 5.44. The first-order valence-corrected chi connectivity index (χ1v) is 7.08. The summed E-state index contributed by atoms with van der Waals surface area (Å²) in [6.07, 6.45) is 1.72. The third-order valence-electron chi connectivity index (χ3n) is 2.93. The number of anilines is 1. The van der Waals surface area contributed by atoms with Crippen LogP contribution >= 0.6 is 11.3 Å². The maximum atomic E-state index is 12.0. The van der Waals surface area contributed by atoms with Crippen LogP contribution in [0.5, 0.6) is 0 Å². The average Bonchev–Trinajstić information content (AvgIpc) is 2.98. The van der Waals surface area contributed by atoms with Crippen LogP contribution < -0.4 is 11.1 Å². The zero-order chi connectivity index (χ0) is 15.4. The number of carbonyl (C=O) groups excluding carboxylic acids is 1. The molecular weight excluding hydrogens is 292 g/mol. The predicted molar refractivity (Wildman–Crippen MR) is 80.4 cm³/mol. The Balaban J connectivity index is 2.00. The lowest BCUT2D eigenvalue weighted by Gasteiger charge is -2.10. The molecule has 0 fully saturated rings. The molecule has 0 aliphatic carbocycles. The van der Waals surface area contributed by atoms with E-state index in [9.17, 15) is 14.9 Å². The molecule has 3 N–H and O–H groups in total. The van der Waals surface area contributed by atoms with Gasteiger partial charge < -0.3 is 11.1 Å². The fraction of sp³-hybridized carbons (Fsp3) is 0.231. The maximum Gasteiger partial charge on any atom is 0.292 e. The fourth-order valence-electron chi connectivity index (χ4n) is 1.78. The Kier molecular flexibility index (Phi) is 4.49. The lowest BCUT2D eigenvalue weighted by Crippen LogP contribution is -2.27. The first-order valence-electron chi connectivity index (χ1n) is 6.20. The molecule has 1 aromatic heterocycles. The Morgan fingerprint density at radius 3 is 2.90 bits per heavy atom. The summed E-state index contributed by atoms with van der Waals surface area (Å²) >= 11 is 1.53. The Labute approximate surface area is 125 Å². The number of thiazole rings is 1. The van der Waals surface area contributed by atoms with Crippen LogP contribution in [0.25, 0.3) is 0 Å². The van der Waals surface area contributed by atoms with Gasteiger partial charge in [0.2, 0.25) is 0 Å². The Bertz CT molecular complexity index is 657. The first kappa shape index (κ1) is 14.9. The van der Waals surface area contributed by atoms with Gasteiger partial charge in [0.25, 0.3) is 11.6 Å². The van der Waals surface area contributed by atoms with Crippen molar-refractivity contribution >= 4 is 28.6 Å². The standard InChI is InChI=1S/C13H14N4O3S/c1-8(13-15-4-5-21-13)7-16-12(18)9-2-3-11(17(19)20)10(14)6-9/h2-6,8H,7,14H2,1H3,(H,16,18). The van der Waals surface area contributed by atoms with Crippen molar-refractivity contribution in [1.29, 1.82) is 0 Å². The highest BCUT2D eigenvalue weighted by Crippen LogP contribution is 2.22. The Hall–Kier alpha value is -2.48. The van der Waals surface area contributed by atoms with E-state index in [1.807, 2.05) is 12.3 Å². The van der Waals surface area contributed by atoms with E-state index in [0.29, 0.717) is 12.1 Å². The van der Waals surface area contributed by atoms with Gasteiger partial charge in [0.05, 0.1) is 9.93 Å². The highest BCUT2D eigenvalue weighted by Gasteiger charge is 2.15. The number of nitrogens with one attached hydrogen (secondary N) is 1. The molecule has 0 radical (unpaired) electrons. The van der Waals surface area contributed by atoms with Crippen molar-refractivity contribution in [3.8, 4) is 0 Å². The number of nitro benzene ring substituents is 1. The van der Waals surface area contributed by atoms with Crippen LogP contribution in [0.1, 0.15) is 28.2 Å². The molecular formula is C13H14N4O3S. The van der Waals surface area contributed by atoms with E-state index >= 15 is 0 Å². The van der Waals surface area contributed by atoms with Crippen molar-refractivity contribution < 1.29 is 9.72 Å². The quantitative estimate of drug-likeness (QED) is 0.499. The van der Waals surface area contributed by atoms with Gasteiger partial charge in [-0.1, -0.05) is 6.92 Å². The lowest BCUT2D eigenvalue weighted by atomic mass is 10.1. The number of benzene rings is 1. The van der Waals surface area contributed by atoms with Crippen LogP contribution in [-0.4, -0.2) is 22.4 Å². The summed E-state index contributed by atoms with van der Waals surface area (Å²) in [6, 6.07) is 3.92. The van der Waals surface area contributed by atoms with Crippen molar-refractivity contribution in [3.63, 3.8) is 0 Å². The SMILES string of the molecule is CC(CNC(=O)c1ccc([N+](=O)[O-])c(N)c1)c1nccs1. The lowest BCUT2D eigenvalue weighted by molar-refractivity contribution is -0.383. The van der Waals surface area contributed by atoms with Gasteiger partial charge in [0, 0.05) is 35.7 Å². The van der Waals surface area contributed by atoms with E-state index in [1.54, 1.807) is 6.20 Å². The molecule has 8 heteroatoms. The van der Waals surface area contributed by atoms with Gasteiger partial charge in [-0.05, 0) is 12.1 Å². The molecule has 0 saturated carbocycles. The molecule has 0 bridgehead atoms. The number of nitrogens with two attached hydrogens (primary N) is 1. The average molecular weight is 306 g/mol. The summed E-state index contributed by atoms with van der Waals surface area (Å²) < 4.78 is 0. The maximum absolute atomic E-state index is 12.0. The number of nitrogens with zero attached hydrogens (tertiary/aromatic N) is 2. The molecule has 2 rings (SSSR count). The minimum atomic E-state index is -0.582. The number of aromatic nitrogens is 1. The molecule has 0 spiro atoms. The summed E-state index contributed by atoms with van der Waals surface area (Å²) in [7, 11) is 0. The normalized spacial score (nSPS) is 11.9. The van der Waals surface area contributed by atoms with E-state index in [0.717, 1.165) is 5.01 Å². The van der Waals surface area contributed by atoms with Crippen molar-refractivity contribution in [1.82, 2.24) is 10.3 Å². The third kappa shape index (κ3) is 3.54. The Morgan fingerprint density at radius 2 is 2.33 bits per heavy atom. The molecule has 1 amide bonds. The van der Waals surface area contributed by atoms with Gasteiger partial charge in [-0.3, -0.25) is 14.9 Å². The monoisotopic (exact) mass is 306 g/mol. The molecule has 0 aliphatic rings. The largest absolute Gasteiger partial charge is 0.393 e. The van der Waals surface area contributed by atoms with Crippen molar-refractivity contribution in [2.75, 3.05) is 12.3 Å². The number of hydrogen-bond acceptors (Lipinski definition) is 6. The minimum absolute atomic E-state index is 0.0272. The molecule has 21 heavy (non-hydrogen) atoms. The number of amides is 1. The van der Waals surface area contributed by atoms with Gasteiger partial charge in [0.1, 0.15) is 5.69 Å². The minimum Gasteiger partial charge on any atom is -0.393 e. The number of carbonyl (C=O) groups is 1. The second kappa shape index (κ2) is 6.31. The Morgan fingerprint density at radius 1 is 1.57 bits per heavy atom. The van der Waals surface area contributed by atoms with Crippen LogP contribution in [0.4, 0.5) is 11.4 Å². The summed E-state index contributed by atoms with van der Waals surface area (Å²) in [6.45, 7) is 2.40. The zero-order valence-electron chi connectivity index (χ0n) is 11.3. The number of hydrogen-bond donors (Lipinski definition) is 2. The van der Waals surface area contributed by atoms with Gasteiger partial charge in [-0.25, -0.2) is 4.98 Å². The predicted octanol–water partition coefficient (Wildman–Crippen LogP) is 2.17. The van der Waals surface area contributed by atoms with Crippen LogP contribution in [0.15, 0.2) is 29.8 Å². The van der Waals surface area contributed by atoms with E-state index in [2.05, 4.69) is 10.3 Å². The number of nitrogen functional groups attached to an aromatic ring is 1. The molecule has 2 aromatic rings. The summed E-state index contributed by atoms with van der Waals surface area (Å²) in [4.78, 5) is 26.3. The summed E-state index contributed by atoms with van der Waals surface area (Å²) in [5.74, 6) is -0.218. The van der Waals surface area contributed by atoms with Gasteiger partial charge >= 0.3 is 0 Å². The molecule has 110 valence electrons. The van der Waals surface area contributed by atoms with Crippen molar-refractivity contribution in [3.05, 3.63) is 50.5 Å². The highest BCUT2D eigenvalue weighted by atomic mass is 32.1. The van der Waals surface area contributed by atoms with Gasteiger partial charge in [-0.2, -0.15) is 0 Å². The second-order valence-electron chi connectivity index (χ2n) is 4.51. The van der Waals surface area contributed by atoms with Crippen LogP contribution in [0.2, 0.25) is 0 Å².